The highest BCUT2D eigenvalue weighted by Crippen LogP contribution is 2.54. The first-order valence-corrected chi connectivity index (χ1v) is 9.43. The van der Waals surface area contributed by atoms with Gasteiger partial charge in [0.25, 0.3) is 0 Å². The molecule has 1 atom stereocenters. The summed E-state index contributed by atoms with van der Waals surface area (Å²) in [6.07, 6.45) is -6.64. The Balaban J connectivity index is 5.24. The summed E-state index contributed by atoms with van der Waals surface area (Å²) in [4.78, 5) is 9.53. The van der Waals surface area contributed by atoms with E-state index in [1.54, 1.807) is 0 Å². The monoisotopic (exact) mass is 448 g/mol. The van der Waals surface area contributed by atoms with E-state index in [2.05, 4.69) is 0 Å². The summed E-state index contributed by atoms with van der Waals surface area (Å²) in [6, 6.07) is 0. The van der Waals surface area contributed by atoms with E-state index in [9.17, 15) is 39.5 Å². The molecule has 0 aromatic carbocycles. The van der Waals surface area contributed by atoms with Crippen molar-refractivity contribution in [1.82, 2.24) is 0 Å². The first-order chi connectivity index (χ1) is 12.9. The van der Waals surface area contributed by atoms with Crippen molar-refractivity contribution < 1.29 is 49.3 Å². The molecule has 11 heteroatoms. The number of alkyl halides is 9. The minimum Gasteiger partial charge on any atom is -0.233 e. The Morgan fingerprint density at radius 2 is 1.17 bits per heavy atom. The van der Waals surface area contributed by atoms with E-state index in [0.29, 0.717) is 6.42 Å². The standard InChI is InChI=1S/C18H29F9O2/c1-5-6-7-8-9-10-11-13(28-29-14(2,3)4)12-15(19,20)16(21,22)17(23,24)18(25,26)27/h13H,5-12H2,1-4H3. The van der Waals surface area contributed by atoms with Gasteiger partial charge in [-0.2, -0.15) is 39.5 Å². The maximum atomic E-state index is 13.9. The van der Waals surface area contributed by atoms with E-state index in [4.69, 9.17) is 9.78 Å². The average molecular weight is 448 g/mol. The lowest BCUT2D eigenvalue weighted by Crippen LogP contribution is -2.61. The van der Waals surface area contributed by atoms with E-state index in [1.807, 2.05) is 6.92 Å². The molecule has 0 aliphatic carbocycles. The normalized spacial score (nSPS) is 15.6. The van der Waals surface area contributed by atoms with Gasteiger partial charge in [-0.25, -0.2) is 9.78 Å². The van der Waals surface area contributed by atoms with Crippen LogP contribution in [0.2, 0.25) is 0 Å². The first kappa shape index (κ1) is 28.3. The van der Waals surface area contributed by atoms with Gasteiger partial charge in [0.1, 0.15) is 0 Å². The minimum absolute atomic E-state index is 0.235. The fourth-order valence-electron chi connectivity index (χ4n) is 2.37. The Hall–Kier alpha value is -0.710. The van der Waals surface area contributed by atoms with Gasteiger partial charge in [-0.15, -0.1) is 0 Å². The number of hydrogen-bond donors (Lipinski definition) is 0. The third-order valence-electron chi connectivity index (χ3n) is 4.01. The van der Waals surface area contributed by atoms with Crippen LogP contribution in [0.4, 0.5) is 39.5 Å². The van der Waals surface area contributed by atoms with Crippen LogP contribution >= 0.6 is 0 Å². The molecule has 0 aliphatic rings. The molecule has 0 aliphatic heterocycles. The molecule has 1 unspecified atom stereocenters. The van der Waals surface area contributed by atoms with Crippen LogP contribution in [0.1, 0.15) is 79.1 Å². The summed E-state index contributed by atoms with van der Waals surface area (Å²) in [6.45, 7) is 6.35. The summed E-state index contributed by atoms with van der Waals surface area (Å²) in [5.41, 5.74) is -1.03. The summed E-state index contributed by atoms with van der Waals surface area (Å²) >= 11 is 0. The molecule has 176 valence electrons. The molecule has 0 heterocycles. The van der Waals surface area contributed by atoms with Crippen LogP contribution < -0.4 is 0 Å². The quantitative estimate of drug-likeness (QED) is 0.124. The van der Waals surface area contributed by atoms with E-state index in [1.165, 1.54) is 20.8 Å². The molecule has 0 aromatic heterocycles. The fourth-order valence-corrected chi connectivity index (χ4v) is 2.37. The zero-order valence-electron chi connectivity index (χ0n) is 17.0. The van der Waals surface area contributed by atoms with Crippen LogP contribution in [0.5, 0.6) is 0 Å². The number of unbranched alkanes of at least 4 members (excludes halogenated alkanes) is 5. The predicted octanol–water partition coefficient (Wildman–Crippen LogP) is 7.71. The van der Waals surface area contributed by atoms with E-state index in [0.717, 1.165) is 25.7 Å². The van der Waals surface area contributed by atoms with Gasteiger partial charge in [0, 0.05) is 6.42 Å². The Labute approximate surface area is 165 Å². The van der Waals surface area contributed by atoms with Gasteiger partial charge in [-0.3, -0.25) is 0 Å². The highest BCUT2D eigenvalue weighted by atomic mass is 19.4. The van der Waals surface area contributed by atoms with Crippen LogP contribution in [0.25, 0.3) is 0 Å². The predicted molar refractivity (Wildman–Crippen MR) is 89.2 cm³/mol. The molecule has 0 N–H and O–H groups in total. The Bertz CT molecular complexity index is 471. The fraction of sp³-hybridized carbons (Fsp3) is 1.00. The SMILES string of the molecule is CCCCCCCCC(CC(F)(F)C(F)(F)C(F)(F)C(F)(F)F)OOC(C)(C)C. The zero-order valence-corrected chi connectivity index (χ0v) is 17.0. The molecular weight excluding hydrogens is 419 g/mol. The van der Waals surface area contributed by atoms with Crippen molar-refractivity contribution in [1.29, 1.82) is 0 Å². The Morgan fingerprint density at radius 1 is 0.690 bits per heavy atom. The second-order valence-electron chi connectivity index (χ2n) is 8.03. The molecule has 0 spiro atoms. The summed E-state index contributed by atoms with van der Waals surface area (Å²) in [5, 5.41) is 0. The minimum atomic E-state index is -6.90. The van der Waals surface area contributed by atoms with Crippen molar-refractivity contribution in [3.05, 3.63) is 0 Å². The van der Waals surface area contributed by atoms with Gasteiger partial charge in [0.05, 0.1) is 11.7 Å². The van der Waals surface area contributed by atoms with Gasteiger partial charge >= 0.3 is 23.9 Å². The summed E-state index contributed by atoms with van der Waals surface area (Å²) in [5.74, 6) is -19.2. The van der Waals surface area contributed by atoms with Crippen LogP contribution in [0.15, 0.2) is 0 Å². The molecule has 0 bridgehead atoms. The Morgan fingerprint density at radius 3 is 1.62 bits per heavy atom. The van der Waals surface area contributed by atoms with E-state index in [-0.39, 0.29) is 12.8 Å². The van der Waals surface area contributed by atoms with Gasteiger partial charge in [-0.1, -0.05) is 45.4 Å². The second-order valence-corrected chi connectivity index (χ2v) is 8.03. The van der Waals surface area contributed by atoms with Crippen LogP contribution in [0.3, 0.4) is 0 Å². The topological polar surface area (TPSA) is 18.5 Å². The molecule has 29 heavy (non-hydrogen) atoms. The molecule has 0 saturated heterocycles. The lowest BCUT2D eigenvalue weighted by Gasteiger charge is -2.35. The summed E-state index contributed by atoms with van der Waals surface area (Å²) in [7, 11) is 0. The molecule has 0 fully saturated rings. The van der Waals surface area contributed by atoms with Gasteiger partial charge in [0.2, 0.25) is 0 Å². The molecule has 2 nitrogen and oxygen atoms in total. The number of rotatable bonds is 13. The molecule has 0 saturated carbocycles. The maximum Gasteiger partial charge on any atom is 0.460 e. The average Bonchev–Trinajstić information content (AvgIpc) is 2.53. The van der Waals surface area contributed by atoms with Crippen LogP contribution in [-0.2, 0) is 9.78 Å². The second kappa shape index (κ2) is 10.5. The smallest absolute Gasteiger partial charge is 0.233 e. The van der Waals surface area contributed by atoms with Crippen molar-refractivity contribution >= 4 is 0 Å². The van der Waals surface area contributed by atoms with Crippen molar-refractivity contribution in [2.24, 2.45) is 0 Å². The lowest BCUT2D eigenvalue weighted by molar-refractivity contribution is -0.412. The number of hydrogen-bond acceptors (Lipinski definition) is 2. The highest BCUT2D eigenvalue weighted by molar-refractivity contribution is 5.01. The van der Waals surface area contributed by atoms with Crippen LogP contribution in [0, 0.1) is 0 Å². The first-order valence-electron chi connectivity index (χ1n) is 9.43. The highest BCUT2D eigenvalue weighted by Gasteiger charge is 2.81. The maximum absolute atomic E-state index is 13.9. The largest absolute Gasteiger partial charge is 0.460 e. The van der Waals surface area contributed by atoms with Crippen molar-refractivity contribution in [3.63, 3.8) is 0 Å². The van der Waals surface area contributed by atoms with Gasteiger partial charge < -0.3 is 0 Å². The number of halogens is 9. The van der Waals surface area contributed by atoms with Crippen molar-refractivity contribution in [3.8, 4) is 0 Å². The van der Waals surface area contributed by atoms with Crippen LogP contribution in [-0.4, -0.2) is 35.6 Å². The molecule has 0 aromatic rings. The third kappa shape index (κ3) is 8.51. The molecular formula is C18H29F9O2. The van der Waals surface area contributed by atoms with Crippen molar-refractivity contribution in [2.75, 3.05) is 0 Å². The molecule has 0 amide bonds. The Kier molecular flexibility index (Phi) is 10.3. The van der Waals surface area contributed by atoms with Crippen molar-refractivity contribution in [2.45, 2.75) is 115 Å². The van der Waals surface area contributed by atoms with Gasteiger partial charge in [-0.05, 0) is 27.2 Å². The molecule has 0 radical (unpaired) electrons. The van der Waals surface area contributed by atoms with E-state index < -0.39 is 42.1 Å². The van der Waals surface area contributed by atoms with E-state index >= 15 is 0 Å². The van der Waals surface area contributed by atoms with Gasteiger partial charge in [0.15, 0.2) is 0 Å². The third-order valence-corrected chi connectivity index (χ3v) is 4.01. The lowest BCUT2D eigenvalue weighted by atomic mass is 9.96. The summed E-state index contributed by atoms with van der Waals surface area (Å²) < 4.78 is 118. The zero-order chi connectivity index (χ0) is 23.1. The molecule has 0 rings (SSSR count).